The Hall–Kier alpha value is -3.55. The SMILES string of the molecule is O[Si](O[Si](c1ccccc1)(c1ccccc1)c1ccccc1)(c1ccccc1)c1ccccc1. The van der Waals surface area contributed by atoms with Crippen LogP contribution in [0.4, 0.5) is 0 Å². The van der Waals surface area contributed by atoms with Gasteiger partial charge in [-0.05, 0) is 25.9 Å². The molecule has 5 rings (SSSR count). The summed E-state index contributed by atoms with van der Waals surface area (Å²) in [4.78, 5) is 12.6. The van der Waals surface area contributed by atoms with E-state index in [-0.39, 0.29) is 0 Å². The Labute approximate surface area is 203 Å². The Morgan fingerprint density at radius 3 is 0.853 bits per heavy atom. The van der Waals surface area contributed by atoms with Gasteiger partial charge in [-0.2, -0.15) is 0 Å². The average molecular weight is 475 g/mol. The summed E-state index contributed by atoms with van der Waals surface area (Å²) in [5, 5.41) is 4.97. The maximum atomic E-state index is 12.6. The summed E-state index contributed by atoms with van der Waals surface area (Å²) >= 11 is 0. The lowest BCUT2D eigenvalue weighted by atomic mass is 10.3. The Morgan fingerprint density at radius 2 is 0.588 bits per heavy atom. The van der Waals surface area contributed by atoms with E-state index in [0.29, 0.717) is 0 Å². The van der Waals surface area contributed by atoms with Gasteiger partial charge in [0.1, 0.15) is 0 Å². The van der Waals surface area contributed by atoms with Crippen molar-refractivity contribution in [1.29, 1.82) is 0 Å². The molecule has 0 unspecified atom stereocenters. The van der Waals surface area contributed by atoms with Crippen LogP contribution in [0.3, 0.4) is 0 Å². The van der Waals surface area contributed by atoms with E-state index in [1.54, 1.807) is 0 Å². The lowest BCUT2D eigenvalue weighted by Gasteiger charge is -2.40. The second-order valence-corrected chi connectivity index (χ2v) is 14.6. The van der Waals surface area contributed by atoms with E-state index < -0.39 is 16.9 Å². The van der Waals surface area contributed by atoms with E-state index in [0.717, 1.165) is 25.9 Å². The smallest absolute Gasteiger partial charge is 0.394 e. The molecule has 0 heterocycles. The van der Waals surface area contributed by atoms with Crippen LogP contribution >= 0.6 is 0 Å². The first-order valence-electron chi connectivity index (χ1n) is 11.4. The van der Waals surface area contributed by atoms with E-state index in [4.69, 9.17) is 4.12 Å². The molecule has 2 nitrogen and oxygen atoms in total. The molecule has 0 saturated heterocycles. The fourth-order valence-corrected chi connectivity index (χ4v) is 13.3. The molecule has 0 bridgehead atoms. The molecule has 34 heavy (non-hydrogen) atoms. The molecule has 0 atom stereocenters. The second-order valence-electron chi connectivity index (χ2n) is 8.26. The van der Waals surface area contributed by atoms with Gasteiger partial charge < -0.3 is 8.91 Å². The van der Waals surface area contributed by atoms with Crippen LogP contribution < -0.4 is 25.9 Å². The van der Waals surface area contributed by atoms with Gasteiger partial charge in [-0.25, -0.2) is 0 Å². The quantitative estimate of drug-likeness (QED) is 0.290. The molecule has 166 valence electrons. The van der Waals surface area contributed by atoms with E-state index in [9.17, 15) is 4.80 Å². The first-order chi connectivity index (χ1) is 16.7. The van der Waals surface area contributed by atoms with Crippen molar-refractivity contribution < 1.29 is 8.91 Å². The molecule has 0 aliphatic carbocycles. The lowest BCUT2D eigenvalue weighted by molar-refractivity contribution is 0.415. The van der Waals surface area contributed by atoms with E-state index >= 15 is 0 Å². The zero-order valence-corrected chi connectivity index (χ0v) is 20.8. The minimum atomic E-state index is -3.62. The summed E-state index contributed by atoms with van der Waals surface area (Å²) in [6.45, 7) is 0. The van der Waals surface area contributed by atoms with Crippen LogP contribution in [0.1, 0.15) is 0 Å². The number of hydrogen-bond donors (Lipinski definition) is 1. The van der Waals surface area contributed by atoms with Crippen LogP contribution in [0.25, 0.3) is 0 Å². The topological polar surface area (TPSA) is 29.5 Å². The van der Waals surface area contributed by atoms with Crippen molar-refractivity contribution in [2.24, 2.45) is 0 Å². The zero-order chi connectivity index (χ0) is 23.3. The summed E-state index contributed by atoms with van der Waals surface area (Å²) < 4.78 is 7.39. The van der Waals surface area contributed by atoms with Gasteiger partial charge in [0.15, 0.2) is 0 Å². The van der Waals surface area contributed by atoms with Gasteiger partial charge in [0.25, 0.3) is 8.32 Å². The maximum absolute atomic E-state index is 12.6. The van der Waals surface area contributed by atoms with Gasteiger partial charge in [-0.15, -0.1) is 0 Å². The molecule has 0 amide bonds. The summed E-state index contributed by atoms with van der Waals surface area (Å²) in [6, 6.07) is 51.0. The predicted molar refractivity (Wildman–Crippen MR) is 145 cm³/mol. The van der Waals surface area contributed by atoms with Crippen LogP contribution in [0, 0.1) is 0 Å². The molecule has 4 heteroatoms. The third-order valence-electron chi connectivity index (χ3n) is 6.17. The van der Waals surface area contributed by atoms with Crippen molar-refractivity contribution in [1.82, 2.24) is 0 Å². The van der Waals surface area contributed by atoms with Gasteiger partial charge in [0, 0.05) is 0 Å². The molecular weight excluding hydrogens is 449 g/mol. The zero-order valence-electron chi connectivity index (χ0n) is 18.8. The molecule has 0 saturated carbocycles. The summed E-state index contributed by atoms with van der Waals surface area (Å²) in [5.41, 5.74) is 0. The number of rotatable bonds is 7. The van der Waals surface area contributed by atoms with Crippen LogP contribution in [0.2, 0.25) is 0 Å². The highest BCUT2D eigenvalue weighted by atomic mass is 28.4. The van der Waals surface area contributed by atoms with Gasteiger partial charge >= 0.3 is 8.56 Å². The normalized spacial score (nSPS) is 11.8. The molecule has 0 radical (unpaired) electrons. The third-order valence-corrected chi connectivity index (χ3v) is 14.2. The molecule has 5 aromatic rings. The fourth-order valence-electron chi connectivity index (χ4n) is 4.53. The van der Waals surface area contributed by atoms with Crippen molar-refractivity contribution in [3.63, 3.8) is 0 Å². The van der Waals surface area contributed by atoms with E-state index in [1.165, 1.54) is 0 Å². The van der Waals surface area contributed by atoms with E-state index in [1.807, 2.05) is 78.9 Å². The number of hydrogen-bond acceptors (Lipinski definition) is 2. The molecule has 0 spiro atoms. The van der Waals surface area contributed by atoms with Crippen molar-refractivity contribution in [2.75, 3.05) is 0 Å². The average Bonchev–Trinajstić information content (AvgIpc) is 2.94. The van der Waals surface area contributed by atoms with Gasteiger partial charge in [0.05, 0.1) is 0 Å². The predicted octanol–water partition coefficient (Wildman–Crippen LogP) is 2.92. The van der Waals surface area contributed by atoms with Crippen molar-refractivity contribution >= 4 is 42.8 Å². The Bertz CT molecular complexity index is 1180. The summed E-state index contributed by atoms with van der Waals surface area (Å²) in [7, 11) is -6.74. The van der Waals surface area contributed by atoms with Crippen molar-refractivity contribution in [3.8, 4) is 0 Å². The first kappa shape index (κ1) is 22.3. The largest absolute Gasteiger partial charge is 0.418 e. The first-order valence-corrected chi connectivity index (χ1v) is 15.2. The monoisotopic (exact) mass is 474 g/mol. The summed E-state index contributed by atoms with van der Waals surface area (Å²) in [5.74, 6) is 0. The molecule has 0 aliphatic rings. The minimum absolute atomic E-state index is 0.834. The van der Waals surface area contributed by atoms with Gasteiger partial charge in [-0.3, -0.25) is 0 Å². The highest BCUT2D eigenvalue weighted by Crippen LogP contribution is 2.16. The van der Waals surface area contributed by atoms with Crippen molar-refractivity contribution in [2.45, 2.75) is 0 Å². The molecule has 0 fully saturated rings. The van der Waals surface area contributed by atoms with E-state index in [2.05, 4.69) is 72.8 Å². The highest BCUT2D eigenvalue weighted by Gasteiger charge is 2.51. The van der Waals surface area contributed by atoms with Crippen LogP contribution in [0.5, 0.6) is 0 Å². The lowest BCUT2D eigenvalue weighted by Crippen LogP contribution is -2.77. The fraction of sp³-hybridized carbons (Fsp3) is 0. The highest BCUT2D eigenvalue weighted by molar-refractivity contribution is 7.13. The molecule has 0 aliphatic heterocycles. The third kappa shape index (κ3) is 4.09. The Kier molecular flexibility index (Phi) is 6.38. The van der Waals surface area contributed by atoms with Crippen LogP contribution in [0.15, 0.2) is 152 Å². The van der Waals surface area contributed by atoms with Crippen molar-refractivity contribution in [3.05, 3.63) is 152 Å². The Morgan fingerprint density at radius 1 is 0.353 bits per heavy atom. The standard InChI is InChI=1S/C30H26O2Si2/c31-34(29-22-12-4-13-23-29,30-24-14-5-15-25-30)32-33(26-16-6-1-7-17-26,27-18-8-2-9-19-27)28-20-10-3-11-21-28/h1-25,31H. The minimum Gasteiger partial charge on any atom is -0.418 e. The maximum Gasteiger partial charge on any atom is 0.394 e. The van der Waals surface area contributed by atoms with Gasteiger partial charge in [-0.1, -0.05) is 152 Å². The van der Waals surface area contributed by atoms with Crippen LogP contribution in [-0.4, -0.2) is 21.7 Å². The van der Waals surface area contributed by atoms with Gasteiger partial charge in [0.2, 0.25) is 0 Å². The second kappa shape index (κ2) is 9.75. The number of benzene rings is 5. The molecule has 5 aromatic carbocycles. The molecule has 1 N–H and O–H groups in total. The molecule has 0 aromatic heterocycles. The molecular formula is C30H26O2Si2. The van der Waals surface area contributed by atoms with Crippen LogP contribution in [-0.2, 0) is 4.12 Å². The summed E-state index contributed by atoms with van der Waals surface area (Å²) in [6.07, 6.45) is 0. The Balaban J connectivity index is 1.83.